The third-order valence-corrected chi connectivity index (χ3v) is 2.76. The number of oxazole rings is 1. The van der Waals surface area contributed by atoms with Crippen molar-refractivity contribution in [1.29, 1.82) is 0 Å². The number of hydrogen-bond donors (Lipinski definition) is 2. The second-order valence-corrected chi connectivity index (χ2v) is 4.30. The molecule has 6 heteroatoms. The van der Waals surface area contributed by atoms with E-state index >= 15 is 0 Å². The zero-order chi connectivity index (χ0) is 13.0. The summed E-state index contributed by atoms with van der Waals surface area (Å²) >= 11 is 5.54. The van der Waals surface area contributed by atoms with Crippen molar-refractivity contribution in [2.75, 3.05) is 11.2 Å². The van der Waals surface area contributed by atoms with Gasteiger partial charge in [0.1, 0.15) is 0 Å². The fraction of sp³-hybridized carbons (Fsp3) is 0.333. The molecule has 0 bridgehead atoms. The molecule has 2 N–H and O–H groups in total. The van der Waals surface area contributed by atoms with Crippen LogP contribution >= 0.6 is 11.6 Å². The minimum Gasteiger partial charge on any atom is -0.408 e. The van der Waals surface area contributed by atoms with E-state index in [0.29, 0.717) is 29.1 Å². The van der Waals surface area contributed by atoms with E-state index in [1.165, 1.54) is 0 Å². The second kappa shape index (κ2) is 5.73. The van der Waals surface area contributed by atoms with Gasteiger partial charge in [-0.25, -0.2) is 4.79 Å². The molecule has 1 heterocycles. The number of alkyl halides is 1. The number of H-pyrrole nitrogens is 1. The van der Waals surface area contributed by atoms with Gasteiger partial charge >= 0.3 is 5.76 Å². The van der Waals surface area contributed by atoms with Gasteiger partial charge < -0.3 is 9.73 Å². The summed E-state index contributed by atoms with van der Waals surface area (Å²) in [5, 5.41) is 2.76. The molecule has 0 saturated carbocycles. The van der Waals surface area contributed by atoms with Crippen LogP contribution in [-0.2, 0) is 4.79 Å². The Kier molecular flexibility index (Phi) is 4.04. The summed E-state index contributed by atoms with van der Waals surface area (Å²) in [6.07, 6.45) is 2.02. The van der Waals surface area contributed by atoms with E-state index in [9.17, 15) is 9.59 Å². The topological polar surface area (TPSA) is 75.1 Å². The Hall–Kier alpha value is -1.75. The maximum absolute atomic E-state index is 11.6. The SMILES string of the molecule is O=C(CCCCCl)Nc1ccc2oc(=O)[nH]c2c1. The molecule has 1 amide bonds. The fourth-order valence-electron chi connectivity index (χ4n) is 1.63. The first-order chi connectivity index (χ1) is 8.69. The van der Waals surface area contributed by atoms with Crippen LogP contribution in [0.4, 0.5) is 5.69 Å². The number of anilines is 1. The zero-order valence-electron chi connectivity index (χ0n) is 9.66. The van der Waals surface area contributed by atoms with Crippen LogP contribution in [0.25, 0.3) is 11.1 Å². The number of hydrogen-bond acceptors (Lipinski definition) is 3. The highest BCUT2D eigenvalue weighted by Crippen LogP contribution is 2.16. The monoisotopic (exact) mass is 268 g/mol. The van der Waals surface area contributed by atoms with Gasteiger partial charge in [-0.3, -0.25) is 9.78 Å². The van der Waals surface area contributed by atoms with Crippen molar-refractivity contribution in [3.63, 3.8) is 0 Å². The summed E-state index contributed by atoms with van der Waals surface area (Å²) in [7, 11) is 0. The summed E-state index contributed by atoms with van der Waals surface area (Å²) in [5.41, 5.74) is 1.68. The van der Waals surface area contributed by atoms with E-state index in [1.54, 1.807) is 18.2 Å². The van der Waals surface area contributed by atoms with Crippen molar-refractivity contribution in [2.45, 2.75) is 19.3 Å². The van der Waals surface area contributed by atoms with Crippen LogP contribution in [0.3, 0.4) is 0 Å². The molecule has 0 aliphatic rings. The fourth-order valence-corrected chi connectivity index (χ4v) is 1.82. The zero-order valence-corrected chi connectivity index (χ0v) is 10.4. The van der Waals surface area contributed by atoms with Crippen LogP contribution in [0.15, 0.2) is 27.4 Å². The van der Waals surface area contributed by atoms with Crippen LogP contribution in [0, 0.1) is 0 Å². The Morgan fingerprint density at radius 3 is 3.00 bits per heavy atom. The average molecular weight is 269 g/mol. The molecule has 0 saturated heterocycles. The van der Waals surface area contributed by atoms with Crippen molar-refractivity contribution in [3.8, 4) is 0 Å². The highest BCUT2D eigenvalue weighted by atomic mass is 35.5. The van der Waals surface area contributed by atoms with E-state index in [1.807, 2.05) is 0 Å². The predicted octanol–water partition coefficient (Wildman–Crippen LogP) is 2.47. The standard InChI is InChI=1S/C12H13ClN2O3/c13-6-2-1-3-11(16)14-8-4-5-10-9(7-8)15-12(17)18-10/h4-5,7H,1-3,6H2,(H,14,16)(H,15,17). The molecular weight excluding hydrogens is 256 g/mol. The molecule has 0 fully saturated rings. The minimum absolute atomic E-state index is 0.0645. The maximum Gasteiger partial charge on any atom is 0.417 e. The number of unbranched alkanes of at least 4 members (excludes halogenated alkanes) is 1. The highest BCUT2D eigenvalue weighted by Gasteiger charge is 2.05. The largest absolute Gasteiger partial charge is 0.417 e. The van der Waals surface area contributed by atoms with Gasteiger partial charge in [-0.05, 0) is 31.0 Å². The van der Waals surface area contributed by atoms with E-state index in [4.69, 9.17) is 16.0 Å². The first kappa shape index (κ1) is 12.7. The van der Waals surface area contributed by atoms with Gasteiger partial charge in [0, 0.05) is 18.0 Å². The Bertz CT molecular complexity index is 603. The van der Waals surface area contributed by atoms with Crippen LogP contribution in [0.1, 0.15) is 19.3 Å². The van der Waals surface area contributed by atoms with E-state index < -0.39 is 5.76 Å². The first-order valence-corrected chi connectivity index (χ1v) is 6.21. The van der Waals surface area contributed by atoms with Crippen LogP contribution in [0.2, 0.25) is 0 Å². The average Bonchev–Trinajstić information content (AvgIpc) is 2.69. The molecule has 0 atom stereocenters. The lowest BCUT2D eigenvalue weighted by molar-refractivity contribution is -0.116. The highest BCUT2D eigenvalue weighted by molar-refractivity contribution is 6.17. The molecule has 2 rings (SSSR count). The molecule has 0 unspecified atom stereocenters. The second-order valence-electron chi connectivity index (χ2n) is 3.92. The number of aromatic nitrogens is 1. The summed E-state index contributed by atoms with van der Waals surface area (Å²) < 4.78 is 4.87. The molecule has 1 aromatic carbocycles. The number of rotatable bonds is 5. The van der Waals surface area contributed by atoms with E-state index in [-0.39, 0.29) is 5.91 Å². The summed E-state index contributed by atoms with van der Waals surface area (Å²) in [6.45, 7) is 0. The van der Waals surface area contributed by atoms with Crippen molar-refractivity contribution in [2.24, 2.45) is 0 Å². The quantitative estimate of drug-likeness (QED) is 0.646. The summed E-state index contributed by atoms with van der Waals surface area (Å²) in [6, 6.07) is 5.00. The summed E-state index contributed by atoms with van der Waals surface area (Å²) in [5.74, 6) is -0.00364. The number of nitrogens with one attached hydrogen (secondary N) is 2. The van der Waals surface area contributed by atoms with Crippen molar-refractivity contribution in [1.82, 2.24) is 4.98 Å². The first-order valence-electron chi connectivity index (χ1n) is 5.68. The molecule has 18 heavy (non-hydrogen) atoms. The predicted molar refractivity (Wildman–Crippen MR) is 70.0 cm³/mol. The normalized spacial score (nSPS) is 10.7. The van der Waals surface area contributed by atoms with Crippen LogP contribution in [-0.4, -0.2) is 16.8 Å². The van der Waals surface area contributed by atoms with Gasteiger partial charge in [-0.1, -0.05) is 0 Å². The van der Waals surface area contributed by atoms with E-state index in [0.717, 1.165) is 12.8 Å². The lowest BCUT2D eigenvalue weighted by Gasteiger charge is -2.04. The molecule has 96 valence electrons. The summed E-state index contributed by atoms with van der Waals surface area (Å²) in [4.78, 5) is 25.1. The Labute approximate surface area is 108 Å². The van der Waals surface area contributed by atoms with Crippen LogP contribution < -0.4 is 11.1 Å². The van der Waals surface area contributed by atoms with Gasteiger partial charge in [-0.15, -0.1) is 11.6 Å². The number of fused-ring (bicyclic) bond motifs is 1. The number of amides is 1. The lowest BCUT2D eigenvalue weighted by atomic mass is 10.2. The van der Waals surface area contributed by atoms with E-state index in [2.05, 4.69) is 10.3 Å². The molecule has 0 aliphatic heterocycles. The van der Waals surface area contributed by atoms with Gasteiger partial charge in [0.2, 0.25) is 5.91 Å². The molecule has 0 aliphatic carbocycles. The maximum atomic E-state index is 11.6. The number of carbonyl (C=O) groups is 1. The lowest BCUT2D eigenvalue weighted by Crippen LogP contribution is -2.11. The number of benzene rings is 1. The molecule has 0 spiro atoms. The van der Waals surface area contributed by atoms with Crippen molar-refractivity contribution < 1.29 is 9.21 Å². The van der Waals surface area contributed by atoms with Gasteiger partial charge in [-0.2, -0.15) is 0 Å². The Balaban J connectivity index is 2.02. The number of carbonyl (C=O) groups excluding carboxylic acids is 1. The van der Waals surface area contributed by atoms with Crippen LogP contribution in [0.5, 0.6) is 0 Å². The third-order valence-electron chi connectivity index (χ3n) is 2.49. The van der Waals surface area contributed by atoms with Crippen molar-refractivity contribution >= 4 is 34.3 Å². The molecule has 1 aromatic heterocycles. The number of halogens is 1. The van der Waals surface area contributed by atoms with Gasteiger partial charge in [0.05, 0.1) is 5.52 Å². The minimum atomic E-state index is -0.504. The Morgan fingerprint density at radius 1 is 1.39 bits per heavy atom. The Morgan fingerprint density at radius 2 is 2.22 bits per heavy atom. The van der Waals surface area contributed by atoms with Crippen molar-refractivity contribution in [3.05, 3.63) is 28.7 Å². The van der Waals surface area contributed by atoms with Gasteiger partial charge in [0.15, 0.2) is 5.58 Å². The number of aromatic amines is 1. The molecule has 0 radical (unpaired) electrons. The molecule has 5 nitrogen and oxygen atoms in total. The third kappa shape index (κ3) is 3.13. The smallest absolute Gasteiger partial charge is 0.408 e. The molecule has 2 aromatic rings. The molecular formula is C12H13ClN2O3. The van der Waals surface area contributed by atoms with Gasteiger partial charge in [0.25, 0.3) is 0 Å².